The van der Waals surface area contributed by atoms with Crippen LogP contribution < -0.4 is 29.6 Å². The second-order valence-electron chi connectivity index (χ2n) is 10.7. The maximum atomic E-state index is 13.2. The molecule has 4 fully saturated rings. The number of carbonyl (C=O) groups excluding carboxylic acids is 2. The molecule has 4 aliphatic carbocycles. The number of rotatable bonds is 4. The maximum absolute atomic E-state index is 13.2. The first-order valence-electron chi connectivity index (χ1n) is 11.8. The quantitative estimate of drug-likeness (QED) is 0.574. The van der Waals surface area contributed by atoms with Crippen molar-refractivity contribution >= 4 is 11.6 Å². The largest absolute Gasteiger partial charge is 1.00 e. The van der Waals surface area contributed by atoms with Gasteiger partial charge in [-0.25, -0.2) is 0 Å². The molecule has 1 heterocycles. The van der Waals surface area contributed by atoms with Gasteiger partial charge in [-0.05, 0) is 56.1 Å². The Morgan fingerprint density at radius 2 is 2.09 bits per heavy atom. The van der Waals surface area contributed by atoms with Crippen LogP contribution >= 0.6 is 0 Å². The molecule has 0 bridgehead atoms. The van der Waals surface area contributed by atoms with E-state index in [2.05, 4.69) is 20.8 Å². The molecule has 0 aromatic heterocycles. The Morgan fingerprint density at radius 1 is 1.34 bits per heavy atom. The van der Waals surface area contributed by atoms with Crippen molar-refractivity contribution in [3.8, 4) is 0 Å². The van der Waals surface area contributed by atoms with Crippen molar-refractivity contribution in [1.82, 2.24) is 0 Å². The zero-order valence-corrected chi connectivity index (χ0v) is 21.7. The van der Waals surface area contributed by atoms with Crippen molar-refractivity contribution in [3.63, 3.8) is 0 Å². The van der Waals surface area contributed by atoms with Crippen molar-refractivity contribution in [2.24, 2.45) is 28.6 Å². The molecule has 172 valence electrons. The number of fused-ring (bicyclic) bond motifs is 7. The molecule has 1 saturated heterocycles. The molecule has 32 heavy (non-hydrogen) atoms. The zero-order chi connectivity index (χ0) is 22.2. The Kier molecular flexibility index (Phi) is 6.50. The van der Waals surface area contributed by atoms with Crippen LogP contribution in [0.4, 0.5) is 0 Å². The number of Topliss-reactive ketones (excluding diaryl/α,β-unsaturated/α-hetero) is 1. The van der Waals surface area contributed by atoms with Crippen molar-refractivity contribution in [2.45, 2.75) is 83.4 Å². The topological polar surface area (TPSA) is 93.1 Å². The van der Waals surface area contributed by atoms with Crippen LogP contribution in [0, 0.1) is 28.6 Å². The minimum absolute atomic E-state index is 0. The number of carbonyl (C=O) groups is 2. The minimum atomic E-state index is -1.20. The van der Waals surface area contributed by atoms with Gasteiger partial charge in [-0.2, -0.15) is 0 Å². The SMILES string of the molecule is CCC[C@@H]1O[C@@H]2C[C@H]3[C@@H]4CCC5=CC(=O)C=C[C@]5(C)[C@H]4[C@@H](O)C[C@]3(C)[C@]2(C(=O)CO)O1.[H-].[Na+]. The zero-order valence-electron chi connectivity index (χ0n) is 20.7. The molecule has 5 rings (SSSR count). The fourth-order valence-electron chi connectivity index (χ4n) is 8.12. The summed E-state index contributed by atoms with van der Waals surface area (Å²) in [5, 5.41) is 21.4. The van der Waals surface area contributed by atoms with Crippen molar-refractivity contribution < 1.29 is 60.3 Å². The van der Waals surface area contributed by atoms with Gasteiger partial charge in [0.1, 0.15) is 6.61 Å². The summed E-state index contributed by atoms with van der Waals surface area (Å²) in [7, 11) is 0. The fraction of sp³-hybridized carbons (Fsp3) is 0.760. The standard InChI is InChI=1S/C25H34O6.Na.H/c1-4-5-21-30-20-11-17-16-7-6-14-10-15(27)8-9-23(14,2)22(16)18(28)12-24(17,3)25(20,31-21)19(29)13-26;;/h8-10,16-18,20-22,26,28H,4-7,11-13H2,1-3H3;;/q;+1;-1/t16-,17-,18-,20+,21+,22+,23-,24-,25+;;/m0../s1. The smallest absolute Gasteiger partial charge is 1.00 e. The molecule has 0 radical (unpaired) electrons. The number of hydrogen-bond acceptors (Lipinski definition) is 6. The number of hydrogen-bond donors (Lipinski definition) is 2. The van der Waals surface area contributed by atoms with Crippen molar-refractivity contribution in [2.75, 3.05) is 6.61 Å². The monoisotopic (exact) mass is 454 g/mol. The first kappa shape index (κ1) is 24.8. The summed E-state index contributed by atoms with van der Waals surface area (Å²) < 4.78 is 12.7. The molecule has 0 aromatic rings. The first-order valence-corrected chi connectivity index (χ1v) is 11.8. The van der Waals surface area contributed by atoms with E-state index >= 15 is 0 Å². The number of allylic oxidation sites excluding steroid dienone is 4. The Morgan fingerprint density at radius 3 is 2.78 bits per heavy atom. The summed E-state index contributed by atoms with van der Waals surface area (Å²) in [4.78, 5) is 25.2. The molecule has 0 aromatic carbocycles. The summed E-state index contributed by atoms with van der Waals surface area (Å²) >= 11 is 0. The number of ketones is 2. The predicted molar refractivity (Wildman–Crippen MR) is 114 cm³/mol. The van der Waals surface area contributed by atoms with Gasteiger partial charge in [-0.1, -0.05) is 38.8 Å². The maximum Gasteiger partial charge on any atom is 1.00 e. The van der Waals surface area contributed by atoms with E-state index in [1.54, 1.807) is 12.2 Å². The molecule has 1 aliphatic heterocycles. The molecule has 3 saturated carbocycles. The summed E-state index contributed by atoms with van der Waals surface area (Å²) in [6.45, 7) is 5.67. The molecule has 7 heteroatoms. The van der Waals surface area contributed by atoms with E-state index in [0.29, 0.717) is 19.3 Å². The summed E-state index contributed by atoms with van der Waals surface area (Å²) in [6, 6.07) is 0. The molecule has 6 nitrogen and oxygen atoms in total. The van der Waals surface area contributed by atoms with Crippen LogP contribution in [0.1, 0.15) is 60.7 Å². The van der Waals surface area contributed by atoms with Gasteiger partial charge in [0.15, 0.2) is 23.5 Å². The molecule has 0 amide bonds. The van der Waals surface area contributed by atoms with Crippen LogP contribution in [0.2, 0.25) is 0 Å². The van der Waals surface area contributed by atoms with Gasteiger partial charge in [0, 0.05) is 16.7 Å². The van der Waals surface area contributed by atoms with E-state index in [1.807, 2.05) is 6.08 Å². The number of aliphatic hydroxyl groups excluding tert-OH is 2. The minimum Gasteiger partial charge on any atom is -1.00 e. The number of aliphatic hydroxyl groups is 2. The van der Waals surface area contributed by atoms with E-state index in [-0.39, 0.29) is 65.7 Å². The molecule has 0 unspecified atom stereocenters. The van der Waals surface area contributed by atoms with Crippen LogP contribution in [0.5, 0.6) is 0 Å². The van der Waals surface area contributed by atoms with Gasteiger partial charge in [-0.3, -0.25) is 9.59 Å². The van der Waals surface area contributed by atoms with Gasteiger partial charge in [0.05, 0.1) is 12.2 Å². The molecular weight excluding hydrogens is 419 g/mol. The van der Waals surface area contributed by atoms with Gasteiger partial charge in [-0.15, -0.1) is 0 Å². The third-order valence-corrected chi connectivity index (χ3v) is 9.37. The van der Waals surface area contributed by atoms with Crippen molar-refractivity contribution in [3.05, 3.63) is 23.8 Å². The Hall–Kier alpha value is -0.340. The third-order valence-electron chi connectivity index (χ3n) is 9.37. The number of ether oxygens (including phenoxy) is 2. The normalized spacial score (nSPS) is 48.8. The van der Waals surface area contributed by atoms with Crippen LogP contribution in [0.15, 0.2) is 23.8 Å². The average Bonchev–Trinajstić information content (AvgIpc) is 3.20. The average molecular weight is 455 g/mol. The summed E-state index contributed by atoms with van der Waals surface area (Å²) in [5.74, 6) is 0.0274. The van der Waals surface area contributed by atoms with E-state index in [9.17, 15) is 19.8 Å². The van der Waals surface area contributed by atoms with E-state index < -0.39 is 36.1 Å². The Labute approximate surface area is 213 Å². The van der Waals surface area contributed by atoms with Gasteiger partial charge < -0.3 is 21.1 Å². The second-order valence-corrected chi connectivity index (χ2v) is 10.7. The third kappa shape index (κ3) is 3.10. The predicted octanol–water partition coefficient (Wildman–Crippen LogP) is -0.167. The van der Waals surface area contributed by atoms with E-state index in [4.69, 9.17) is 9.47 Å². The van der Waals surface area contributed by atoms with Gasteiger partial charge >= 0.3 is 29.6 Å². The molecule has 5 aliphatic rings. The second kappa shape index (κ2) is 8.40. The van der Waals surface area contributed by atoms with Gasteiger partial charge in [0.2, 0.25) is 0 Å². The van der Waals surface area contributed by atoms with E-state index in [0.717, 1.165) is 24.8 Å². The van der Waals surface area contributed by atoms with Crippen LogP contribution in [-0.2, 0) is 19.1 Å². The Bertz CT molecular complexity index is 875. The molecule has 2 N–H and O–H groups in total. The Balaban J connectivity index is 0.00000153. The fourth-order valence-corrected chi connectivity index (χ4v) is 8.12. The van der Waals surface area contributed by atoms with Crippen LogP contribution in [-0.4, -0.2) is 52.5 Å². The van der Waals surface area contributed by atoms with Crippen molar-refractivity contribution in [1.29, 1.82) is 0 Å². The molecule has 9 atom stereocenters. The van der Waals surface area contributed by atoms with E-state index in [1.165, 1.54) is 0 Å². The molecule has 0 spiro atoms. The summed E-state index contributed by atoms with van der Waals surface area (Å²) in [6.07, 6.45) is 8.31. The van der Waals surface area contributed by atoms with Crippen LogP contribution in [0.3, 0.4) is 0 Å². The van der Waals surface area contributed by atoms with Gasteiger partial charge in [0.25, 0.3) is 0 Å². The first-order chi connectivity index (χ1) is 14.7. The van der Waals surface area contributed by atoms with Crippen LogP contribution in [0.25, 0.3) is 0 Å². The molecular formula is C25H35NaO6. The summed E-state index contributed by atoms with van der Waals surface area (Å²) in [5.41, 5.74) is -1.05.